The first kappa shape index (κ1) is 16.9. The highest BCUT2D eigenvalue weighted by Crippen LogP contribution is 2.24. The zero-order valence-electron chi connectivity index (χ0n) is 14.4. The van der Waals surface area contributed by atoms with E-state index in [9.17, 15) is 9.59 Å². The number of hydrogen-bond donors (Lipinski definition) is 1. The van der Waals surface area contributed by atoms with Gasteiger partial charge in [-0.2, -0.15) is 0 Å². The van der Waals surface area contributed by atoms with Crippen LogP contribution >= 0.6 is 11.3 Å². The minimum atomic E-state index is -0.409. The van der Waals surface area contributed by atoms with Crippen molar-refractivity contribution in [3.05, 3.63) is 57.3 Å². The van der Waals surface area contributed by atoms with Crippen LogP contribution < -0.4 is 10.9 Å². The van der Waals surface area contributed by atoms with Gasteiger partial charge in [0, 0.05) is 24.7 Å². The second kappa shape index (κ2) is 7.01. The molecule has 0 aliphatic carbocycles. The molecule has 1 aliphatic rings. The van der Waals surface area contributed by atoms with Crippen molar-refractivity contribution >= 4 is 22.2 Å². The number of fused-ring (bicyclic) bond motifs is 1. The first-order valence-corrected chi connectivity index (χ1v) is 9.47. The summed E-state index contributed by atoms with van der Waals surface area (Å²) in [7, 11) is 0. The lowest BCUT2D eigenvalue weighted by Gasteiger charge is -2.10. The van der Waals surface area contributed by atoms with Crippen LogP contribution in [0.3, 0.4) is 0 Å². The maximum Gasteiger partial charge on any atom is 0.271 e. The van der Waals surface area contributed by atoms with Crippen LogP contribution in [-0.2, 0) is 4.74 Å². The second-order valence-electron chi connectivity index (χ2n) is 6.43. The van der Waals surface area contributed by atoms with Gasteiger partial charge in [0.2, 0.25) is 0 Å². The van der Waals surface area contributed by atoms with Crippen molar-refractivity contribution in [2.45, 2.75) is 25.9 Å². The summed E-state index contributed by atoms with van der Waals surface area (Å²) in [6, 6.07) is 7.92. The third-order valence-electron chi connectivity index (χ3n) is 4.55. The van der Waals surface area contributed by atoms with Crippen molar-refractivity contribution in [3.8, 4) is 11.3 Å². The molecular weight excluding hydrogens is 350 g/mol. The number of ether oxygens (including phenoxy) is 1. The van der Waals surface area contributed by atoms with E-state index in [1.54, 1.807) is 0 Å². The summed E-state index contributed by atoms with van der Waals surface area (Å²) in [4.78, 5) is 30.3. The van der Waals surface area contributed by atoms with Gasteiger partial charge in [0.1, 0.15) is 5.56 Å². The molecule has 6 nitrogen and oxygen atoms in total. The number of carbonyl (C=O) groups excluding carboxylic acids is 1. The zero-order chi connectivity index (χ0) is 18.1. The Hall–Kier alpha value is -2.51. The molecular formula is C19H19N3O3S. The number of benzene rings is 1. The third kappa shape index (κ3) is 3.15. The SMILES string of the molecule is Cc1ccc(-c2csc3ncc(C(=O)NC[C@H]4CCCO4)c(=O)n23)cc1. The fourth-order valence-electron chi connectivity index (χ4n) is 3.08. The lowest BCUT2D eigenvalue weighted by molar-refractivity contribution is 0.0856. The molecule has 1 fully saturated rings. The number of amides is 1. The minimum absolute atomic E-state index is 0.0302. The van der Waals surface area contributed by atoms with Crippen molar-refractivity contribution < 1.29 is 9.53 Å². The molecule has 26 heavy (non-hydrogen) atoms. The Balaban J connectivity index is 1.67. The van der Waals surface area contributed by atoms with Gasteiger partial charge in [-0.05, 0) is 25.3 Å². The molecule has 1 amide bonds. The lowest BCUT2D eigenvalue weighted by atomic mass is 10.1. The fraction of sp³-hybridized carbons (Fsp3) is 0.316. The number of aryl methyl sites for hydroxylation is 1. The molecule has 1 atom stereocenters. The maximum absolute atomic E-state index is 12.9. The van der Waals surface area contributed by atoms with Gasteiger partial charge in [-0.25, -0.2) is 4.98 Å². The van der Waals surface area contributed by atoms with Gasteiger partial charge in [-0.3, -0.25) is 14.0 Å². The fourth-order valence-corrected chi connectivity index (χ4v) is 3.94. The van der Waals surface area contributed by atoms with E-state index >= 15 is 0 Å². The van der Waals surface area contributed by atoms with Crippen LogP contribution in [0.4, 0.5) is 0 Å². The molecule has 3 heterocycles. The molecule has 0 radical (unpaired) electrons. The van der Waals surface area contributed by atoms with Crippen LogP contribution in [0.1, 0.15) is 28.8 Å². The predicted molar refractivity (Wildman–Crippen MR) is 101 cm³/mol. The Morgan fingerprint density at radius 2 is 2.19 bits per heavy atom. The number of thiazole rings is 1. The molecule has 3 aromatic rings. The molecule has 1 aromatic carbocycles. The van der Waals surface area contributed by atoms with Crippen molar-refractivity contribution in [2.24, 2.45) is 0 Å². The van der Waals surface area contributed by atoms with E-state index in [2.05, 4.69) is 10.3 Å². The van der Waals surface area contributed by atoms with Crippen LogP contribution in [0.5, 0.6) is 0 Å². The highest BCUT2D eigenvalue weighted by molar-refractivity contribution is 7.15. The summed E-state index contributed by atoms with van der Waals surface area (Å²) in [5.74, 6) is -0.409. The van der Waals surface area contributed by atoms with Crippen molar-refractivity contribution in [1.82, 2.24) is 14.7 Å². The van der Waals surface area contributed by atoms with Gasteiger partial charge in [0.15, 0.2) is 4.96 Å². The van der Waals surface area contributed by atoms with Gasteiger partial charge in [-0.1, -0.05) is 29.8 Å². The summed E-state index contributed by atoms with van der Waals surface area (Å²) in [5.41, 5.74) is 2.51. The van der Waals surface area contributed by atoms with Gasteiger partial charge >= 0.3 is 0 Å². The van der Waals surface area contributed by atoms with Gasteiger partial charge in [-0.15, -0.1) is 11.3 Å². The van der Waals surface area contributed by atoms with E-state index in [4.69, 9.17) is 4.74 Å². The molecule has 0 saturated carbocycles. The van der Waals surface area contributed by atoms with Crippen LogP contribution in [-0.4, -0.2) is 34.5 Å². The number of nitrogens with one attached hydrogen (secondary N) is 1. The van der Waals surface area contributed by atoms with Gasteiger partial charge in [0.05, 0.1) is 11.8 Å². The average Bonchev–Trinajstić information content (AvgIpc) is 3.31. The zero-order valence-corrected chi connectivity index (χ0v) is 15.2. The molecule has 4 rings (SSSR count). The first-order chi connectivity index (χ1) is 12.6. The summed E-state index contributed by atoms with van der Waals surface area (Å²) < 4.78 is 7.01. The highest BCUT2D eigenvalue weighted by Gasteiger charge is 2.20. The molecule has 134 valence electrons. The number of rotatable bonds is 4. The van der Waals surface area contributed by atoms with Crippen molar-refractivity contribution in [2.75, 3.05) is 13.2 Å². The molecule has 0 spiro atoms. The Bertz CT molecular complexity index is 1000. The number of nitrogens with zero attached hydrogens (tertiary/aromatic N) is 2. The summed E-state index contributed by atoms with van der Waals surface area (Å²) in [6.45, 7) is 3.15. The normalized spacial score (nSPS) is 16.9. The van der Waals surface area contributed by atoms with Crippen LogP contribution in [0, 0.1) is 6.92 Å². The van der Waals surface area contributed by atoms with Gasteiger partial charge in [0.25, 0.3) is 11.5 Å². The lowest BCUT2D eigenvalue weighted by Crippen LogP contribution is -2.36. The smallest absolute Gasteiger partial charge is 0.271 e. The van der Waals surface area contributed by atoms with Crippen LogP contribution in [0.25, 0.3) is 16.2 Å². The molecule has 0 bridgehead atoms. The Morgan fingerprint density at radius 3 is 2.92 bits per heavy atom. The third-order valence-corrected chi connectivity index (χ3v) is 5.39. The topological polar surface area (TPSA) is 72.7 Å². The highest BCUT2D eigenvalue weighted by atomic mass is 32.1. The molecule has 1 aliphatic heterocycles. The van der Waals surface area contributed by atoms with Crippen LogP contribution in [0.15, 0.2) is 40.6 Å². The minimum Gasteiger partial charge on any atom is -0.376 e. The number of hydrogen-bond acceptors (Lipinski definition) is 5. The Kier molecular flexibility index (Phi) is 4.57. The molecule has 1 N–H and O–H groups in total. The first-order valence-electron chi connectivity index (χ1n) is 8.59. The van der Waals surface area contributed by atoms with E-state index in [1.165, 1.54) is 21.9 Å². The number of carbonyl (C=O) groups is 1. The quantitative estimate of drug-likeness (QED) is 0.767. The second-order valence-corrected chi connectivity index (χ2v) is 7.26. The summed E-state index contributed by atoms with van der Waals surface area (Å²) >= 11 is 1.38. The molecule has 1 saturated heterocycles. The van der Waals surface area contributed by atoms with Crippen molar-refractivity contribution in [3.63, 3.8) is 0 Å². The largest absolute Gasteiger partial charge is 0.376 e. The van der Waals surface area contributed by atoms with E-state index < -0.39 is 5.91 Å². The Morgan fingerprint density at radius 1 is 1.38 bits per heavy atom. The molecule has 0 unspecified atom stereocenters. The summed E-state index contributed by atoms with van der Waals surface area (Å²) in [5, 5.41) is 4.68. The van der Waals surface area contributed by atoms with E-state index in [1.807, 2.05) is 36.6 Å². The molecule has 7 heteroatoms. The maximum atomic E-state index is 12.9. The number of aromatic nitrogens is 2. The standard InChI is InChI=1S/C19H19N3O3S/c1-12-4-6-13(7-5-12)16-11-26-19-21-10-15(18(24)22(16)19)17(23)20-9-14-3-2-8-25-14/h4-7,10-11,14H,2-3,8-9H2,1H3,(H,20,23)/t14-/m1/s1. The van der Waals surface area contributed by atoms with E-state index in [-0.39, 0.29) is 17.2 Å². The molecule has 2 aromatic heterocycles. The monoisotopic (exact) mass is 369 g/mol. The van der Waals surface area contributed by atoms with Crippen molar-refractivity contribution in [1.29, 1.82) is 0 Å². The van der Waals surface area contributed by atoms with Gasteiger partial charge < -0.3 is 10.1 Å². The Labute approximate surface area is 154 Å². The van der Waals surface area contributed by atoms with E-state index in [0.717, 1.165) is 36.3 Å². The predicted octanol–water partition coefficient (Wildman–Crippen LogP) is 2.64. The van der Waals surface area contributed by atoms with E-state index in [0.29, 0.717) is 11.5 Å². The average molecular weight is 369 g/mol. The van der Waals surface area contributed by atoms with Crippen LogP contribution in [0.2, 0.25) is 0 Å². The summed E-state index contributed by atoms with van der Waals surface area (Å²) in [6.07, 6.45) is 3.32.